The second-order valence-corrected chi connectivity index (χ2v) is 6.20. The fourth-order valence-electron chi connectivity index (χ4n) is 1.78. The van der Waals surface area contributed by atoms with Crippen molar-refractivity contribution in [1.29, 1.82) is 0 Å². The Morgan fingerprint density at radius 1 is 1.29 bits per heavy atom. The first-order valence-corrected chi connectivity index (χ1v) is 6.19. The van der Waals surface area contributed by atoms with Gasteiger partial charge in [0, 0.05) is 16.1 Å². The molecule has 98 valence electrons. The van der Waals surface area contributed by atoms with Crippen LogP contribution in [0.5, 0.6) is 5.75 Å². The van der Waals surface area contributed by atoms with E-state index in [1.165, 1.54) is 0 Å². The molecule has 1 aromatic rings. The Kier molecular flexibility index (Phi) is 5.51. The summed E-state index contributed by atoms with van der Waals surface area (Å²) in [6.45, 7) is 10.2. The second kappa shape index (κ2) is 5.59. The zero-order valence-corrected chi connectivity index (χ0v) is 13.4. The molecule has 3 N–H and O–H groups in total. The molecule has 0 spiro atoms. The fourth-order valence-corrected chi connectivity index (χ4v) is 2.11. The van der Waals surface area contributed by atoms with Gasteiger partial charge in [0.25, 0.3) is 0 Å². The summed E-state index contributed by atoms with van der Waals surface area (Å²) in [5, 5.41) is 10.0. The molecule has 1 rings (SSSR count). The van der Waals surface area contributed by atoms with Gasteiger partial charge in [-0.05, 0) is 36.5 Å². The summed E-state index contributed by atoms with van der Waals surface area (Å²) < 4.78 is 1.03. The molecule has 0 amide bonds. The van der Waals surface area contributed by atoms with Gasteiger partial charge in [-0.2, -0.15) is 0 Å². The lowest BCUT2D eigenvalue weighted by molar-refractivity contribution is 0.316. The van der Waals surface area contributed by atoms with Crippen LogP contribution in [0.1, 0.15) is 43.5 Å². The number of hydrogen-bond donors (Lipinski definition) is 2. The minimum atomic E-state index is -0.176. The predicted molar refractivity (Wildman–Crippen MR) is 78.9 cm³/mol. The van der Waals surface area contributed by atoms with Gasteiger partial charge < -0.3 is 10.8 Å². The summed E-state index contributed by atoms with van der Waals surface area (Å²) >= 11 is 3.53. The number of nitrogens with two attached hydrogens (primary N) is 1. The maximum Gasteiger partial charge on any atom is 0.120 e. The SMILES string of the molecule is Cc1cc(O)c([C@H](N)C(C)(C)C)c(C)c1Br.Cl. The number of hydrogen-bond acceptors (Lipinski definition) is 2. The lowest BCUT2D eigenvalue weighted by atomic mass is 9.81. The van der Waals surface area contributed by atoms with Gasteiger partial charge in [-0.25, -0.2) is 0 Å². The van der Waals surface area contributed by atoms with E-state index in [1.807, 2.05) is 13.8 Å². The molecule has 0 saturated carbocycles. The molecule has 0 aliphatic carbocycles. The molecular weight excluding hydrogens is 302 g/mol. The van der Waals surface area contributed by atoms with E-state index >= 15 is 0 Å². The summed E-state index contributed by atoms with van der Waals surface area (Å²) in [5.74, 6) is 0.292. The topological polar surface area (TPSA) is 46.2 Å². The largest absolute Gasteiger partial charge is 0.508 e. The van der Waals surface area contributed by atoms with Crippen molar-refractivity contribution in [3.05, 3.63) is 27.2 Å². The molecule has 0 bridgehead atoms. The molecule has 0 aliphatic rings. The zero-order valence-electron chi connectivity index (χ0n) is 11.0. The van der Waals surface area contributed by atoms with Crippen molar-refractivity contribution < 1.29 is 5.11 Å². The number of aryl methyl sites for hydroxylation is 1. The average Bonchev–Trinajstić information content (AvgIpc) is 2.13. The molecule has 0 aromatic heterocycles. The smallest absolute Gasteiger partial charge is 0.120 e. The first-order chi connectivity index (χ1) is 7.16. The normalized spacial score (nSPS) is 13.1. The van der Waals surface area contributed by atoms with Crippen molar-refractivity contribution in [2.45, 2.75) is 40.7 Å². The molecule has 0 aliphatic heterocycles. The van der Waals surface area contributed by atoms with Crippen molar-refractivity contribution in [3.63, 3.8) is 0 Å². The predicted octanol–water partition coefficient (Wildman–Crippen LogP) is 4.24. The first kappa shape index (κ1) is 16.8. The Morgan fingerprint density at radius 3 is 2.18 bits per heavy atom. The van der Waals surface area contributed by atoms with Crippen molar-refractivity contribution >= 4 is 28.3 Å². The van der Waals surface area contributed by atoms with Gasteiger partial charge in [0.2, 0.25) is 0 Å². The maximum absolute atomic E-state index is 10.0. The Bertz CT molecular complexity index is 413. The summed E-state index contributed by atoms with van der Waals surface area (Å²) in [6, 6.07) is 1.59. The van der Waals surface area contributed by atoms with E-state index in [2.05, 4.69) is 36.7 Å². The molecule has 0 heterocycles. The molecule has 1 aromatic carbocycles. The molecule has 0 saturated heterocycles. The van der Waals surface area contributed by atoms with Crippen molar-refractivity contribution in [1.82, 2.24) is 0 Å². The van der Waals surface area contributed by atoms with Crippen LogP contribution in [0.4, 0.5) is 0 Å². The Morgan fingerprint density at radius 2 is 1.76 bits per heavy atom. The lowest BCUT2D eigenvalue weighted by Gasteiger charge is -2.30. The van der Waals surface area contributed by atoms with E-state index in [4.69, 9.17) is 5.73 Å². The van der Waals surface area contributed by atoms with Crippen LogP contribution in [0.25, 0.3) is 0 Å². The van der Waals surface area contributed by atoms with Crippen LogP contribution < -0.4 is 5.73 Å². The van der Waals surface area contributed by atoms with Crippen LogP contribution in [-0.2, 0) is 0 Å². The van der Waals surface area contributed by atoms with Gasteiger partial charge in [0.1, 0.15) is 5.75 Å². The minimum Gasteiger partial charge on any atom is -0.508 e. The van der Waals surface area contributed by atoms with Gasteiger partial charge in [-0.15, -0.1) is 12.4 Å². The number of benzene rings is 1. The maximum atomic E-state index is 10.0. The number of halogens is 2. The standard InChI is InChI=1S/C13H20BrNO.ClH/c1-7-6-9(16)10(8(2)11(7)14)12(15)13(3,4)5;/h6,12,16H,15H2,1-5H3;1H/t12-;/m0./s1. The van der Waals surface area contributed by atoms with Crippen molar-refractivity contribution in [2.24, 2.45) is 11.1 Å². The Labute approximate surface area is 118 Å². The summed E-state index contributed by atoms with van der Waals surface area (Å²) in [7, 11) is 0. The van der Waals surface area contributed by atoms with Crippen LogP contribution >= 0.6 is 28.3 Å². The lowest BCUT2D eigenvalue weighted by Crippen LogP contribution is -2.27. The van der Waals surface area contributed by atoms with Gasteiger partial charge >= 0.3 is 0 Å². The van der Waals surface area contributed by atoms with Gasteiger partial charge in [0.15, 0.2) is 0 Å². The highest BCUT2D eigenvalue weighted by Gasteiger charge is 2.27. The third kappa shape index (κ3) is 3.36. The molecule has 17 heavy (non-hydrogen) atoms. The van der Waals surface area contributed by atoms with Crippen LogP contribution in [0, 0.1) is 19.3 Å². The summed E-state index contributed by atoms with van der Waals surface area (Å²) in [4.78, 5) is 0. The fraction of sp³-hybridized carbons (Fsp3) is 0.538. The quantitative estimate of drug-likeness (QED) is 0.812. The van der Waals surface area contributed by atoms with Gasteiger partial charge in [-0.3, -0.25) is 0 Å². The van der Waals surface area contributed by atoms with E-state index in [0.717, 1.165) is 21.2 Å². The highest BCUT2D eigenvalue weighted by Crippen LogP contribution is 2.40. The third-order valence-corrected chi connectivity index (χ3v) is 4.17. The van der Waals surface area contributed by atoms with Crippen LogP contribution in [0.3, 0.4) is 0 Å². The number of phenols is 1. The molecular formula is C13H21BrClNO. The third-order valence-electron chi connectivity index (χ3n) is 2.95. The zero-order chi connectivity index (χ0) is 12.7. The molecule has 0 radical (unpaired) electrons. The van der Waals surface area contributed by atoms with E-state index in [0.29, 0.717) is 5.75 Å². The molecule has 0 fully saturated rings. The summed E-state index contributed by atoms with van der Waals surface area (Å²) in [6.07, 6.45) is 0. The van der Waals surface area contributed by atoms with Crippen LogP contribution in [-0.4, -0.2) is 5.11 Å². The second-order valence-electron chi connectivity index (χ2n) is 5.41. The van der Waals surface area contributed by atoms with Gasteiger partial charge in [0.05, 0.1) is 0 Å². The first-order valence-electron chi connectivity index (χ1n) is 5.40. The molecule has 4 heteroatoms. The molecule has 2 nitrogen and oxygen atoms in total. The van der Waals surface area contributed by atoms with Crippen LogP contribution in [0.15, 0.2) is 10.5 Å². The molecule has 0 unspecified atom stereocenters. The molecule has 1 atom stereocenters. The van der Waals surface area contributed by atoms with Gasteiger partial charge in [-0.1, -0.05) is 36.7 Å². The van der Waals surface area contributed by atoms with E-state index in [9.17, 15) is 5.11 Å². The minimum absolute atomic E-state index is 0. The van der Waals surface area contributed by atoms with E-state index in [1.54, 1.807) is 6.07 Å². The average molecular weight is 323 g/mol. The van der Waals surface area contributed by atoms with Crippen LogP contribution in [0.2, 0.25) is 0 Å². The van der Waals surface area contributed by atoms with Crippen molar-refractivity contribution in [3.8, 4) is 5.75 Å². The monoisotopic (exact) mass is 321 g/mol. The Balaban J connectivity index is 0.00000256. The van der Waals surface area contributed by atoms with Crippen molar-refractivity contribution in [2.75, 3.05) is 0 Å². The Hall–Kier alpha value is -0.250. The van der Waals surface area contributed by atoms with E-state index in [-0.39, 0.29) is 23.9 Å². The number of phenolic OH excluding ortho intramolecular Hbond substituents is 1. The highest BCUT2D eigenvalue weighted by molar-refractivity contribution is 9.10. The number of aromatic hydroxyl groups is 1. The summed E-state index contributed by atoms with van der Waals surface area (Å²) in [5.41, 5.74) is 9.03. The van der Waals surface area contributed by atoms with E-state index < -0.39 is 0 Å². The highest BCUT2D eigenvalue weighted by atomic mass is 79.9. The number of rotatable bonds is 1.